The quantitative estimate of drug-likeness (QED) is 0.509. The first-order chi connectivity index (χ1) is 12.9. The summed E-state index contributed by atoms with van der Waals surface area (Å²) in [4.78, 5) is 26.9. The van der Waals surface area contributed by atoms with Crippen LogP contribution in [0.4, 0.5) is 0 Å². The molecule has 0 aliphatic heterocycles. The molecule has 0 fully saturated rings. The Kier molecular flexibility index (Phi) is 7.73. The van der Waals surface area contributed by atoms with E-state index in [0.717, 1.165) is 10.6 Å². The maximum atomic E-state index is 12.8. The maximum Gasteiger partial charge on any atom is 0.318 e. The lowest BCUT2D eigenvalue weighted by Crippen LogP contribution is -2.31. The molecule has 0 aromatic heterocycles. The van der Waals surface area contributed by atoms with Crippen LogP contribution in [0.1, 0.15) is 22.8 Å². The first-order valence-corrected chi connectivity index (χ1v) is 9.58. The zero-order chi connectivity index (χ0) is 19.8. The van der Waals surface area contributed by atoms with Gasteiger partial charge in [-0.05, 0) is 38.1 Å². The normalized spacial score (nSPS) is 11.6. The first-order valence-electron chi connectivity index (χ1n) is 8.71. The van der Waals surface area contributed by atoms with E-state index >= 15 is 0 Å². The summed E-state index contributed by atoms with van der Waals surface area (Å²) in [6.45, 7) is 4.64. The van der Waals surface area contributed by atoms with Crippen molar-refractivity contribution in [2.24, 2.45) is 0 Å². The molecule has 1 unspecified atom stereocenters. The molecule has 6 heteroatoms. The van der Waals surface area contributed by atoms with Crippen molar-refractivity contribution in [3.63, 3.8) is 0 Å². The van der Waals surface area contributed by atoms with Crippen LogP contribution < -0.4 is 4.74 Å². The number of methoxy groups -OCH3 is 1. The molecule has 0 radical (unpaired) electrons. The fourth-order valence-electron chi connectivity index (χ4n) is 2.39. The van der Waals surface area contributed by atoms with E-state index in [1.165, 1.54) is 24.4 Å². The second-order valence-electron chi connectivity index (χ2n) is 6.17. The van der Waals surface area contributed by atoms with E-state index in [9.17, 15) is 9.59 Å². The number of rotatable bonds is 8. The van der Waals surface area contributed by atoms with E-state index in [-0.39, 0.29) is 17.1 Å². The zero-order valence-electron chi connectivity index (χ0n) is 16.1. The number of aryl methyl sites for hydroxylation is 1. The van der Waals surface area contributed by atoms with Crippen LogP contribution in [-0.4, -0.2) is 49.3 Å². The van der Waals surface area contributed by atoms with Gasteiger partial charge in [-0.2, -0.15) is 0 Å². The van der Waals surface area contributed by atoms with E-state index in [1.54, 1.807) is 24.9 Å². The van der Waals surface area contributed by atoms with Crippen molar-refractivity contribution in [1.29, 1.82) is 0 Å². The number of amides is 1. The van der Waals surface area contributed by atoms with Crippen molar-refractivity contribution in [2.45, 2.75) is 24.0 Å². The molecule has 0 saturated carbocycles. The van der Waals surface area contributed by atoms with Crippen LogP contribution in [-0.2, 0) is 9.53 Å². The summed E-state index contributed by atoms with van der Waals surface area (Å²) in [6.07, 6.45) is 0. The summed E-state index contributed by atoms with van der Waals surface area (Å²) in [6, 6.07) is 15.1. The van der Waals surface area contributed by atoms with Gasteiger partial charge in [0.15, 0.2) is 0 Å². The second kappa shape index (κ2) is 10.0. The summed E-state index contributed by atoms with van der Waals surface area (Å²) >= 11 is 1.32. The topological polar surface area (TPSA) is 55.8 Å². The molecule has 1 amide bonds. The third-order valence-electron chi connectivity index (χ3n) is 4.02. The largest absolute Gasteiger partial charge is 0.492 e. The summed E-state index contributed by atoms with van der Waals surface area (Å²) in [5, 5.41) is -0.390. The number of ether oxygens (including phenoxy) is 2. The van der Waals surface area contributed by atoms with Gasteiger partial charge < -0.3 is 14.4 Å². The predicted molar refractivity (Wildman–Crippen MR) is 107 cm³/mol. The van der Waals surface area contributed by atoms with Crippen LogP contribution in [0, 0.1) is 6.92 Å². The minimum absolute atomic E-state index is 0.109. The van der Waals surface area contributed by atoms with Crippen molar-refractivity contribution < 1.29 is 19.1 Å². The molecular formula is C21H25NO4S. The highest BCUT2D eigenvalue weighted by Crippen LogP contribution is 2.28. The number of thioether (sulfide) groups is 1. The SMILES string of the molecule is COC(=O)C(C)Sc1ccccc1C(=O)N(C)CCOc1ccc(C)cc1. The molecule has 0 spiro atoms. The van der Waals surface area contributed by atoms with Gasteiger partial charge in [0.2, 0.25) is 0 Å². The Morgan fingerprint density at radius 3 is 2.44 bits per heavy atom. The van der Waals surface area contributed by atoms with Gasteiger partial charge in [0.25, 0.3) is 5.91 Å². The lowest BCUT2D eigenvalue weighted by atomic mass is 10.2. The third kappa shape index (κ3) is 6.03. The Morgan fingerprint density at radius 2 is 1.78 bits per heavy atom. The fraction of sp³-hybridized carbons (Fsp3) is 0.333. The standard InChI is InChI=1S/C21H25NO4S/c1-15-9-11-17(12-10-15)26-14-13-22(3)20(23)18-7-5-6-8-19(18)27-16(2)21(24)25-4/h5-12,16H,13-14H2,1-4H3. The van der Waals surface area contributed by atoms with E-state index < -0.39 is 0 Å². The van der Waals surface area contributed by atoms with Crippen LogP contribution in [0.3, 0.4) is 0 Å². The Labute approximate surface area is 164 Å². The molecule has 0 N–H and O–H groups in total. The smallest absolute Gasteiger partial charge is 0.318 e. The lowest BCUT2D eigenvalue weighted by molar-refractivity contribution is -0.139. The van der Waals surface area contributed by atoms with Crippen molar-refractivity contribution >= 4 is 23.6 Å². The molecule has 2 rings (SSSR count). The molecule has 1 atom stereocenters. The minimum Gasteiger partial charge on any atom is -0.492 e. The number of carbonyl (C=O) groups is 2. The minimum atomic E-state index is -0.390. The Balaban J connectivity index is 1.97. The van der Waals surface area contributed by atoms with Gasteiger partial charge in [0, 0.05) is 11.9 Å². The third-order valence-corrected chi connectivity index (χ3v) is 5.17. The van der Waals surface area contributed by atoms with Crippen LogP contribution in [0.2, 0.25) is 0 Å². The van der Waals surface area contributed by atoms with Gasteiger partial charge in [-0.3, -0.25) is 9.59 Å². The van der Waals surface area contributed by atoms with E-state index in [0.29, 0.717) is 18.7 Å². The Hall–Kier alpha value is -2.47. The van der Waals surface area contributed by atoms with Crippen LogP contribution in [0.25, 0.3) is 0 Å². The number of esters is 1. The number of benzene rings is 2. The highest BCUT2D eigenvalue weighted by atomic mass is 32.2. The molecule has 27 heavy (non-hydrogen) atoms. The molecule has 0 aliphatic carbocycles. The van der Waals surface area contributed by atoms with Crippen molar-refractivity contribution in [3.8, 4) is 5.75 Å². The van der Waals surface area contributed by atoms with Crippen molar-refractivity contribution in [3.05, 3.63) is 59.7 Å². The molecule has 144 valence electrons. The highest BCUT2D eigenvalue weighted by Gasteiger charge is 2.20. The van der Waals surface area contributed by atoms with Gasteiger partial charge in [-0.25, -0.2) is 0 Å². The van der Waals surface area contributed by atoms with Crippen molar-refractivity contribution in [2.75, 3.05) is 27.3 Å². The highest BCUT2D eigenvalue weighted by molar-refractivity contribution is 8.00. The molecule has 0 heterocycles. The van der Waals surface area contributed by atoms with Crippen molar-refractivity contribution in [1.82, 2.24) is 4.90 Å². The van der Waals surface area contributed by atoms with Gasteiger partial charge >= 0.3 is 5.97 Å². The summed E-state index contributed by atoms with van der Waals surface area (Å²) in [5.41, 5.74) is 1.74. The Bertz CT molecular complexity index is 776. The molecule has 0 aliphatic rings. The van der Waals surface area contributed by atoms with Gasteiger partial charge in [0.05, 0.1) is 19.2 Å². The number of nitrogens with zero attached hydrogens (tertiary/aromatic N) is 1. The van der Waals surface area contributed by atoms with Gasteiger partial charge in [0.1, 0.15) is 17.6 Å². The summed E-state index contributed by atoms with van der Waals surface area (Å²) in [7, 11) is 3.10. The molecule has 0 bridgehead atoms. The Morgan fingerprint density at radius 1 is 1.11 bits per heavy atom. The van der Waals surface area contributed by atoms with E-state index in [4.69, 9.17) is 9.47 Å². The van der Waals surface area contributed by atoms with E-state index in [2.05, 4.69) is 0 Å². The number of hydrogen-bond donors (Lipinski definition) is 0. The molecule has 2 aromatic rings. The van der Waals surface area contributed by atoms with Gasteiger partial charge in [-0.15, -0.1) is 11.8 Å². The van der Waals surface area contributed by atoms with E-state index in [1.807, 2.05) is 49.4 Å². The average Bonchev–Trinajstić information content (AvgIpc) is 2.68. The monoisotopic (exact) mass is 387 g/mol. The number of likely N-dealkylation sites (N-methyl/N-ethyl adjacent to an activating group) is 1. The maximum absolute atomic E-state index is 12.8. The van der Waals surface area contributed by atoms with Crippen LogP contribution >= 0.6 is 11.8 Å². The molecular weight excluding hydrogens is 362 g/mol. The number of hydrogen-bond acceptors (Lipinski definition) is 5. The molecule has 0 saturated heterocycles. The van der Waals surface area contributed by atoms with Crippen LogP contribution in [0.15, 0.2) is 53.4 Å². The van der Waals surface area contributed by atoms with Gasteiger partial charge in [-0.1, -0.05) is 29.8 Å². The van der Waals surface area contributed by atoms with Crippen LogP contribution in [0.5, 0.6) is 5.75 Å². The number of carbonyl (C=O) groups excluding carboxylic acids is 2. The predicted octanol–water partition coefficient (Wildman–Crippen LogP) is 3.80. The summed E-state index contributed by atoms with van der Waals surface area (Å²) in [5.74, 6) is 0.356. The zero-order valence-corrected chi connectivity index (χ0v) is 16.9. The molecule has 2 aromatic carbocycles. The first kappa shape index (κ1) is 20.8. The average molecular weight is 388 g/mol. The fourth-order valence-corrected chi connectivity index (χ4v) is 3.41. The molecule has 5 nitrogen and oxygen atoms in total. The second-order valence-corrected chi connectivity index (χ2v) is 7.55. The lowest BCUT2D eigenvalue weighted by Gasteiger charge is -2.20. The summed E-state index contributed by atoms with van der Waals surface area (Å²) < 4.78 is 10.5.